The Bertz CT molecular complexity index is 397. The van der Waals surface area contributed by atoms with Gasteiger partial charge in [-0.05, 0) is 44.9 Å². The number of benzene rings is 1. The number of carbonyl (C=O) groups excluding carboxylic acids is 1. The van der Waals surface area contributed by atoms with Crippen molar-refractivity contribution in [2.75, 3.05) is 12.4 Å². The first kappa shape index (κ1) is 12.6. The SMILES string of the molecule is COC(=O)C(C)(C)Nc1cc(C)ccc1C. The minimum atomic E-state index is -0.715. The fourth-order valence-electron chi connectivity index (χ4n) is 1.51. The molecule has 0 radical (unpaired) electrons. The van der Waals surface area contributed by atoms with Gasteiger partial charge in [-0.25, -0.2) is 4.79 Å². The fraction of sp³-hybridized carbons (Fsp3) is 0.462. The lowest BCUT2D eigenvalue weighted by atomic mass is 10.0. The highest BCUT2D eigenvalue weighted by Crippen LogP contribution is 2.21. The number of carbonyl (C=O) groups is 1. The Balaban J connectivity index is 2.95. The first-order valence-corrected chi connectivity index (χ1v) is 5.30. The van der Waals surface area contributed by atoms with Gasteiger partial charge in [-0.3, -0.25) is 0 Å². The molecule has 0 spiro atoms. The quantitative estimate of drug-likeness (QED) is 0.797. The monoisotopic (exact) mass is 221 g/mol. The highest BCUT2D eigenvalue weighted by Gasteiger charge is 2.28. The second-order valence-electron chi connectivity index (χ2n) is 4.56. The zero-order chi connectivity index (χ0) is 12.3. The molecular formula is C13H19NO2. The van der Waals surface area contributed by atoms with Crippen LogP contribution in [0.5, 0.6) is 0 Å². The summed E-state index contributed by atoms with van der Waals surface area (Å²) in [7, 11) is 1.40. The molecule has 16 heavy (non-hydrogen) atoms. The molecule has 0 saturated carbocycles. The predicted molar refractivity (Wildman–Crippen MR) is 65.6 cm³/mol. The molecule has 0 atom stereocenters. The van der Waals surface area contributed by atoms with Crippen molar-refractivity contribution >= 4 is 11.7 Å². The topological polar surface area (TPSA) is 38.3 Å². The standard InChI is InChI=1S/C13H19NO2/c1-9-6-7-10(2)11(8-9)14-13(3,4)12(15)16-5/h6-8,14H,1-5H3. The van der Waals surface area contributed by atoms with Crippen molar-refractivity contribution in [1.82, 2.24) is 0 Å². The lowest BCUT2D eigenvalue weighted by molar-refractivity contribution is -0.144. The van der Waals surface area contributed by atoms with Gasteiger partial charge in [0.05, 0.1) is 7.11 Å². The maximum absolute atomic E-state index is 11.5. The molecule has 1 aromatic carbocycles. The van der Waals surface area contributed by atoms with Crippen molar-refractivity contribution in [2.24, 2.45) is 0 Å². The number of esters is 1. The van der Waals surface area contributed by atoms with Crippen molar-refractivity contribution in [2.45, 2.75) is 33.2 Å². The third-order valence-corrected chi connectivity index (χ3v) is 2.54. The van der Waals surface area contributed by atoms with Crippen LogP contribution < -0.4 is 5.32 Å². The van der Waals surface area contributed by atoms with Crippen LogP contribution in [0.3, 0.4) is 0 Å². The molecular weight excluding hydrogens is 202 g/mol. The summed E-state index contributed by atoms with van der Waals surface area (Å²) in [6, 6.07) is 6.11. The average molecular weight is 221 g/mol. The molecule has 0 aliphatic heterocycles. The number of anilines is 1. The Kier molecular flexibility index (Phi) is 3.58. The zero-order valence-corrected chi connectivity index (χ0v) is 10.5. The van der Waals surface area contributed by atoms with Gasteiger partial charge in [-0.2, -0.15) is 0 Å². The third-order valence-electron chi connectivity index (χ3n) is 2.54. The Hall–Kier alpha value is -1.51. The highest BCUT2D eigenvalue weighted by molar-refractivity contribution is 5.83. The lowest BCUT2D eigenvalue weighted by Gasteiger charge is -2.25. The van der Waals surface area contributed by atoms with Crippen LogP contribution in [0.1, 0.15) is 25.0 Å². The van der Waals surface area contributed by atoms with E-state index in [0.29, 0.717) is 0 Å². The largest absolute Gasteiger partial charge is 0.467 e. The molecule has 0 unspecified atom stereocenters. The summed E-state index contributed by atoms with van der Waals surface area (Å²) in [5.74, 6) is -0.270. The van der Waals surface area contributed by atoms with Crippen LogP contribution in [-0.2, 0) is 9.53 Å². The first-order valence-electron chi connectivity index (χ1n) is 5.30. The third kappa shape index (κ3) is 2.75. The van der Waals surface area contributed by atoms with E-state index in [1.54, 1.807) is 13.8 Å². The molecule has 1 aromatic rings. The maximum Gasteiger partial charge on any atom is 0.330 e. The summed E-state index contributed by atoms with van der Waals surface area (Å²) < 4.78 is 4.76. The number of methoxy groups -OCH3 is 1. The van der Waals surface area contributed by atoms with E-state index in [4.69, 9.17) is 4.74 Å². The number of ether oxygens (including phenoxy) is 1. The molecule has 0 bridgehead atoms. The van der Waals surface area contributed by atoms with E-state index in [1.807, 2.05) is 32.0 Å². The molecule has 88 valence electrons. The molecule has 3 heteroatoms. The van der Waals surface area contributed by atoms with Crippen LogP contribution in [-0.4, -0.2) is 18.6 Å². The van der Waals surface area contributed by atoms with E-state index < -0.39 is 5.54 Å². The van der Waals surface area contributed by atoms with Crippen LogP contribution in [0.25, 0.3) is 0 Å². The maximum atomic E-state index is 11.5. The Labute approximate surface area is 96.8 Å². The van der Waals surface area contributed by atoms with Crippen LogP contribution in [0, 0.1) is 13.8 Å². The average Bonchev–Trinajstić information content (AvgIpc) is 2.22. The number of nitrogens with one attached hydrogen (secondary N) is 1. The lowest BCUT2D eigenvalue weighted by Crippen LogP contribution is -2.41. The van der Waals surface area contributed by atoms with Crippen molar-refractivity contribution in [3.8, 4) is 0 Å². The van der Waals surface area contributed by atoms with Gasteiger partial charge >= 0.3 is 5.97 Å². The van der Waals surface area contributed by atoms with E-state index in [9.17, 15) is 4.79 Å². The van der Waals surface area contributed by atoms with Gasteiger partial charge in [0.25, 0.3) is 0 Å². The summed E-state index contributed by atoms with van der Waals surface area (Å²) in [6.45, 7) is 7.64. The Morgan fingerprint density at radius 2 is 1.94 bits per heavy atom. The minimum Gasteiger partial charge on any atom is -0.467 e. The second-order valence-corrected chi connectivity index (χ2v) is 4.56. The number of rotatable bonds is 3. The summed E-state index contributed by atoms with van der Waals surface area (Å²) in [5.41, 5.74) is 2.53. The Morgan fingerprint density at radius 1 is 1.31 bits per heavy atom. The smallest absolute Gasteiger partial charge is 0.330 e. The molecule has 0 aliphatic rings. The summed E-state index contributed by atoms with van der Waals surface area (Å²) in [5, 5.41) is 3.20. The van der Waals surface area contributed by atoms with Crippen molar-refractivity contribution in [3.05, 3.63) is 29.3 Å². The van der Waals surface area contributed by atoms with E-state index in [1.165, 1.54) is 7.11 Å². The van der Waals surface area contributed by atoms with Crippen LogP contribution >= 0.6 is 0 Å². The molecule has 0 heterocycles. The van der Waals surface area contributed by atoms with Crippen LogP contribution in [0.15, 0.2) is 18.2 Å². The van der Waals surface area contributed by atoms with Gasteiger partial charge in [0, 0.05) is 5.69 Å². The van der Waals surface area contributed by atoms with Gasteiger partial charge in [0.15, 0.2) is 0 Å². The minimum absolute atomic E-state index is 0.270. The van der Waals surface area contributed by atoms with Gasteiger partial charge in [0.2, 0.25) is 0 Å². The van der Waals surface area contributed by atoms with E-state index in [0.717, 1.165) is 16.8 Å². The van der Waals surface area contributed by atoms with E-state index in [-0.39, 0.29) is 5.97 Å². The zero-order valence-electron chi connectivity index (χ0n) is 10.5. The van der Waals surface area contributed by atoms with E-state index in [2.05, 4.69) is 5.32 Å². The molecule has 0 aliphatic carbocycles. The molecule has 1 rings (SSSR count). The summed E-state index contributed by atoms with van der Waals surface area (Å²) >= 11 is 0. The number of hydrogen-bond donors (Lipinski definition) is 1. The molecule has 0 aromatic heterocycles. The van der Waals surface area contributed by atoms with Crippen molar-refractivity contribution < 1.29 is 9.53 Å². The van der Waals surface area contributed by atoms with Gasteiger partial charge in [-0.1, -0.05) is 12.1 Å². The van der Waals surface area contributed by atoms with Gasteiger partial charge < -0.3 is 10.1 Å². The first-order chi connectivity index (χ1) is 7.36. The summed E-state index contributed by atoms with van der Waals surface area (Å²) in [6.07, 6.45) is 0. The Morgan fingerprint density at radius 3 is 2.50 bits per heavy atom. The second kappa shape index (κ2) is 4.56. The number of hydrogen-bond acceptors (Lipinski definition) is 3. The molecule has 0 fully saturated rings. The number of aryl methyl sites for hydroxylation is 2. The molecule has 3 nitrogen and oxygen atoms in total. The molecule has 0 amide bonds. The van der Waals surface area contributed by atoms with Gasteiger partial charge in [0.1, 0.15) is 5.54 Å². The van der Waals surface area contributed by atoms with Crippen LogP contribution in [0.2, 0.25) is 0 Å². The predicted octanol–water partition coefficient (Wildman–Crippen LogP) is 2.67. The van der Waals surface area contributed by atoms with Crippen LogP contribution in [0.4, 0.5) is 5.69 Å². The molecule has 0 saturated heterocycles. The molecule has 1 N–H and O–H groups in total. The highest BCUT2D eigenvalue weighted by atomic mass is 16.5. The van der Waals surface area contributed by atoms with Crippen molar-refractivity contribution in [3.63, 3.8) is 0 Å². The summed E-state index contributed by atoms with van der Waals surface area (Å²) in [4.78, 5) is 11.5. The normalized spacial score (nSPS) is 11.1. The van der Waals surface area contributed by atoms with E-state index >= 15 is 0 Å². The van der Waals surface area contributed by atoms with Gasteiger partial charge in [-0.15, -0.1) is 0 Å². The van der Waals surface area contributed by atoms with Crippen molar-refractivity contribution in [1.29, 1.82) is 0 Å². The fourth-order valence-corrected chi connectivity index (χ4v) is 1.51.